The van der Waals surface area contributed by atoms with Crippen molar-refractivity contribution in [3.63, 3.8) is 0 Å². The van der Waals surface area contributed by atoms with Gasteiger partial charge in [-0.25, -0.2) is 0 Å². The molecule has 0 aromatic rings. The molecule has 0 aliphatic carbocycles. The topological polar surface area (TPSA) is 29.5 Å². The molecule has 1 heterocycles. The van der Waals surface area contributed by atoms with Gasteiger partial charge in [-0.3, -0.25) is 4.79 Å². The van der Waals surface area contributed by atoms with Gasteiger partial charge in [0.1, 0.15) is 0 Å². The lowest BCUT2D eigenvalue weighted by molar-refractivity contribution is -0.130. The number of carbonyl (C=O) groups excluding carboxylic acids is 1. The summed E-state index contributed by atoms with van der Waals surface area (Å²) in [5.74, 6) is 0.00171. The maximum Gasteiger partial charge on any atom is 0.248 e. The molecule has 3 heteroatoms. The van der Waals surface area contributed by atoms with E-state index in [9.17, 15) is 4.79 Å². The van der Waals surface area contributed by atoms with Crippen molar-refractivity contribution in [1.82, 2.24) is 4.90 Å². The molecule has 1 atom stereocenters. The average molecular weight is 127 g/mol. The van der Waals surface area contributed by atoms with Gasteiger partial charge in [-0.05, 0) is 6.08 Å². The van der Waals surface area contributed by atoms with E-state index in [0.29, 0.717) is 0 Å². The molecular formula is C6H9NO2. The van der Waals surface area contributed by atoms with Crippen LogP contribution in [0, 0.1) is 0 Å². The van der Waals surface area contributed by atoms with E-state index in [1.165, 1.54) is 11.0 Å². The summed E-state index contributed by atoms with van der Waals surface area (Å²) in [5.41, 5.74) is 0. The smallest absolute Gasteiger partial charge is 0.248 e. The van der Waals surface area contributed by atoms with Crippen LogP contribution in [0.25, 0.3) is 0 Å². The number of nitrogens with zero attached hydrogens (tertiary/aromatic N) is 1. The zero-order valence-electron chi connectivity index (χ0n) is 5.50. The Bertz CT molecular complexity index is 153. The van der Waals surface area contributed by atoms with Crippen LogP contribution in [0.5, 0.6) is 0 Å². The Labute approximate surface area is 53.9 Å². The second-order valence-electron chi connectivity index (χ2n) is 1.93. The molecule has 1 unspecified atom stereocenters. The van der Waals surface area contributed by atoms with E-state index >= 15 is 0 Å². The molecule has 9 heavy (non-hydrogen) atoms. The number of methoxy groups -OCH3 is 1. The van der Waals surface area contributed by atoms with E-state index < -0.39 is 0 Å². The largest absolute Gasteiger partial charge is 0.358 e. The molecule has 0 aromatic heterocycles. The molecule has 50 valence electrons. The van der Waals surface area contributed by atoms with Crippen LogP contribution in [0.15, 0.2) is 12.2 Å². The quantitative estimate of drug-likeness (QED) is 0.495. The standard InChI is InChI=1S/C6H9NO2/c1-7-5(8)3-4-6(7)9-2/h3-4,6H,1-2H3. The number of amides is 1. The van der Waals surface area contributed by atoms with Gasteiger partial charge in [0.2, 0.25) is 5.91 Å². The Morgan fingerprint density at radius 2 is 2.44 bits per heavy atom. The highest BCUT2D eigenvalue weighted by molar-refractivity contribution is 5.90. The Hall–Kier alpha value is -0.830. The molecule has 0 aromatic carbocycles. The zero-order valence-corrected chi connectivity index (χ0v) is 5.50. The summed E-state index contributed by atoms with van der Waals surface area (Å²) in [6.07, 6.45) is 3.08. The minimum absolute atomic E-state index is 0.00171. The number of carbonyl (C=O) groups is 1. The summed E-state index contributed by atoms with van der Waals surface area (Å²) in [7, 11) is 3.28. The molecule has 0 fully saturated rings. The number of rotatable bonds is 1. The molecule has 0 N–H and O–H groups in total. The van der Waals surface area contributed by atoms with E-state index in [1.54, 1.807) is 20.2 Å². The van der Waals surface area contributed by atoms with Crippen LogP contribution in [-0.2, 0) is 9.53 Å². The molecule has 0 spiro atoms. The predicted molar refractivity (Wildman–Crippen MR) is 32.7 cm³/mol. The van der Waals surface area contributed by atoms with Crippen LogP contribution in [0.3, 0.4) is 0 Å². The van der Waals surface area contributed by atoms with Crippen molar-refractivity contribution in [2.45, 2.75) is 6.23 Å². The van der Waals surface area contributed by atoms with Gasteiger partial charge in [-0.15, -0.1) is 0 Å². The summed E-state index contributed by atoms with van der Waals surface area (Å²) in [6, 6.07) is 0. The second kappa shape index (κ2) is 2.19. The highest BCUT2D eigenvalue weighted by Gasteiger charge is 2.20. The number of hydrogen-bond acceptors (Lipinski definition) is 2. The average Bonchev–Trinajstić information content (AvgIpc) is 2.15. The normalized spacial score (nSPS) is 25.8. The van der Waals surface area contributed by atoms with E-state index in [2.05, 4.69) is 0 Å². The highest BCUT2D eigenvalue weighted by Crippen LogP contribution is 2.07. The zero-order chi connectivity index (χ0) is 6.85. The second-order valence-corrected chi connectivity index (χ2v) is 1.93. The lowest BCUT2D eigenvalue weighted by Gasteiger charge is -2.16. The first-order valence-corrected chi connectivity index (χ1v) is 2.73. The van der Waals surface area contributed by atoms with Crippen molar-refractivity contribution in [2.75, 3.05) is 14.2 Å². The van der Waals surface area contributed by atoms with Crippen LogP contribution >= 0.6 is 0 Å². The van der Waals surface area contributed by atoms with Gasteiger partial charge in [0.05, 0.1) is 0 Å². The van der Waals surface area contributed by atoms with Gasteiger partial charge in [0.15, 0.2) is 6.23 Å². The molecule has 1 rings (SSSR count). The van der Waals surface area contributed by atoms with Crippen molar-refractivity contribution in [3.05, 3.63) is 12.2 Å². The Balaban J connectivity index is 2.62. The van der Waals surface area contributed by atoms with Gasteiger partial charge in [0.25, 0.3) is 0 Å². The molecule has 1 amide bonds. The van der Waals surface area contributed by atoms with E-state index in [0.717, 1.165) is 0 Å². The molecule has 0 bridgehead atoms. The molecule has 0 saturated carbocycles. The van der Waals surface area contributed by atoms with Crippen LogP contribution in [0.2, 0.25) is 0 Å². The van der Waals surface area contributed by atoms with Gasteiger partial charge in [-0.1, -0.05) is 0 Å². The molecule has 1 aliphatic rings. The van der Waals surface area contributed by atoms with Gasteiger partial charge >= 0.3 is 0 Å². The van der Waals surface area contributed by atoms with Gasteiger partial charge < -0.3 is 9.64 Å². The summed E-state index contributed by atoms with van der Waals surface area (Å²) >= 11 is 0. The Morgan fingerprint density at radius 1 is 1.78 bits per heavy atom. The number of hydrogen-bond donors (Lipinski definition) is 0. The van der Waals surface area contributed by atoms with Gasteiger partial charge in [0, 0.05) is 20.2 Å². The summed E-state index contributed by atoms with van der Waals surface area (Å²) < 4.78 is 4.91. The van der Waals surface area contributed by atoms with Gasteiger partial charge in [-0.2, -0.15) is 0 Å². The van der Waals surface area contributed by atoms with E-state index in [1.807, 2.05) is 0 Å². The highest BCUT2D eigenvalue weighted by atomic mass is 16.5. The fourth-order valence-electron chi connectivity index (χ4n) is 0.773. The Kier molecular flexibility index (Phi) is 1.53. The minimum Gasteiger partial charge on any atom is -0.358 e. The van der Waals surface area contributed by atoms with Crippen molar-refractivity contribution < 1.29 is 9.53 Å². The molecule has 3 nitrogen and oxygen atoms in total. The molecule has 0 saturated heterocycles. The fraction of sp³-hybridized carbons (Fsp3) is 0.500. The predicted octanol–water partition coefficient (Wildman–Crippen LogP) is -0.0129. The Morgan fingerprint density at radius 3 is 2.67 bits per heavy atom. The fourth-order valence-corrected chi connectivity index (χ4v) is 0.773. The van der Waals surface area contributed by atoms with Crippen molar-refractivity contribution in [1.29, 1.82) is 0 Å². The lowest BCUT2D eigenvalue weighted by Crippen LogP contribution is -2.30. The van der Waals surface area contributed by atoms with Crippen LogP contribution in [-0.4, -0.2) is 31.2 Å². The van der Waals surface area contributed by atoms with Crippen molar-refractivity contribution in [2.24, 2.45) is 0 Å². The van der Waals surface area contributed by atoms with E-state index in [4.69, 9.17) is 4.74 Å². The minimum atomic E-state index is -0.155. The monoisotopic (exact) mass is 127 g/mol. The third-order valence-electron chi connectivity index (χ3n) is 1.37. The molecule has 0 radical (unpaired) electrons. The van der Waals surface area contributed by atoms with Crippen LogP contribution in [0.4, 0.5) is 0 Å². The maximum absolute atomic E-state index is 10.7. The SMILES string of the molecule is COC1C=CC(=O)N1C. The molecular weight excluding hydrogens is 118 g/mol. The number of ether oxygens (including phenoxy) is 1. The van der Waals surface area contributed by atoms with Crippen LogP contribution in [0.1, 0.15) is 0 Å². The first kappa shape index (κ1) is 6.29. The first-order chi connectivity index (χ1) is 4.25. The maximum atomic E-state index is 10.7. The summed E-state index contributed by atoms with van der Waals surface area (Å²) in [5, 5.41) is 0. The molecule has 1 aliphatic heterocycles. The van der Waals surface area contributed by atoms with E-state index in [-0.39, 0.29) is 12.1 Å². The third kappa shape index (κ3) is 0.954. The van der Waals surface area contributed by atoms with Crippen molar-refractivity contribution >= 4 is 5.91 Å². The summed E-state index contributed by atoms with van der Waals surface area (Å²) in [4.78, 5) is 12.2. The van der Waals surface area contributed by atoms with Crippen LogP contribution < -0.4 is 0 Å². The van der Waals surface area contributed by atoms with Crippen molar-refractivity contribution in [3.8, 4) is 0 Å². The lowest BCUT2D eigenvalue weighted by atomic mass is 10.5. The summed E-state index contributed by atoms with van der Waals surface area (Å²) in [6.45, 7) is 0. The third-order valence-corrected chi connectivity index (χ3v) is 1.37. The number of likely N-dealkylation sites (N-methyl/N-ethyl adjacent to an activating group) is 1. The first-order valence-electron chi connectivity index (χ1n) is 2.73.